The van der Waals surface area contributed by atoms with Gasteiger partial charge in [0.05, 0.1) is 14.2 Å². The second-order valence-electron chi connectivity index (χ2n) is 4.81. The molecular weight excluding hydrogens is 250 g/mol. The molecule has 0 amide bonds. The van der Waals surface area contributed by atoms with Crippen LogP contribution in [0, 0.1) is 6.92 Å². The van der Waals surface area contributed by atoms with Gasteiger partial charge < -0.3 is 14.8 Å². The molecule has 0 bridgehead atoms. The van der Waals surface area contributed by atoms with E-state index in [2.05, 4.69) is 36.5 Å². The van der Waals surface area contributed by atoms with Gasteiger partial charge in [-0.1, -0.05) is 29.8 Å². The van der Waals surface area contributed by atoms with Gasteiger partial charge in [-0.15, -0.1) is 0 Å². The normalized spacial score (nSPS) is 10.3. The summed E-state index contributed by atoms with van der Waals surface area (Å²) >= 11 is 0. The van der Waals surface area contributed by atoms with E-state index in [1.54, 1.807) is 14.2 Å². The number of rotatable bonds is 6. The van der Waals surface area contributed by atoms with Crippen LogP contribution in [0.2, 0.25) is 0 Å². The van der Waals surface area contributed by atoms with Gasteiger partial charge in [-0.3, -0.25) is 0 Å². The summed E-state index contributed by atoms with van der Waals surface area (Å²) in [4.78, 5) is 0. The van der Waals surface area contributed by atoms with Crippen molar-refractivity contribution in [1.82, 2.24) is 5.32 Å². The highest BCUT2D eigenvalue weighted by atomic mass is 16.5. The number of methoxy groups -OCH3 is 2. The molecule has 20 heavy (non-hydrogen) atoms. The smallest absolute Gasteiger partial charge is 0.122 e. The number of hydrogen-bond donors (Lipinski definition) is 1. The number of ether oxygens (including phenoxy) is 2. The topological polar surface area (TPSA) is 30.5 Å². The number of hydrogen-bond acceptors (Lipinski definition) is 3. The zero-order valence-corrected chi connectivity index (χ0v) is 12.3. The summed E-state index contributed by atoms with van der Waals surface area (Å²) in [6.07, 6.45) is 0. The average Bonchev–Trinajstić information content (AvgIpc) is 2.49. The molecule has 0 atom stereocenters. The molecule has 0 spiro atoms. The lowest BCUT2D eigenvalue weighted by Gasteiger charge is -2.09. The summed E-state index contributed by atoms with van der Waals surface area (Å²) in [6.45, 7) is 3.72. The molecule has 0 saturated heterocycles. The molecule has 0 aliphatic rings. The predicted octanol–water partition coefficient (Wildman–Crippen LogP) is 3.30. The van der Waals surface area contributed by atoms with Crippen LogP contribution in [0.5, 0.6) is 11.5 Å². The molecule has 1 N–H and O–H groups in total. The first-order chi connectivity index (χ1) is 9.71. The van der Waals surface area contributed by atoms with E-state index >= 15 is 0 Å². The van der Waals surface area contributed by atoms with Crippen molar-refractivity contribution in [3.05, 3.63) is 59.2 Å². The second kappa shape index (κ2) is 6.96. The van der Waals surface area contributed by atoms with Crippen molar-refractivity contribution in [3.8, 4) is 11.5 Å². The molecule has 3 heteroatoms. The van der Waals surface area contributed by atoms with Gasteiger partial charge in [-0.05, 0) is 30.2 Å². The molecule has 3 nitrogen and oxygen atoms in total. The van der Waals surface area contributed by atoms with Gasteiger partial charge in [0.15, 0.2) is 0 Å². The Hall–Kier alpha value is -2.00. The van der Waals surface area contributed by atoms with E-state index in [0.29, 0.717) is 0 Å². The van der Waals surface area contributed by atoms with E-state index in [0.717, 1.165) is 30.2 Å². The quantitative estimate of drug-likeness (QED) is 0.874. The van der Waals surface area contributed by atoms with E-state index in [-0.39, 0.29) is 0 Å². The summed E-state index contributed by atoms with van der Waals surface area (Å²) < 4.78 is 10.5. The number of nitrogens with one attached hydrogen (secondary N) is 1. The van der Waals surface area contributed by atoms with Crippen LogP contribution < -0.4 is 14.8 Å². The summed E-state index contributed by atoms with van der Waals surface area (Å²) in [5.74, 6) is 1.63. The molecule has 0 heterocycles. The zero-order chi connectivity index (χ0) is 14.4. The molecule has 2 rings (SSSR count). The van der Waals surface area contributed by atoms with Crippen molar-refractivity contribution in [3.63, 3.8) is 0 Å². The van der Waals surface area contributed by atoms with Crippen molar-refractivity contribution >= 4 is 0 Å². The van der Waals surface area contributed by atoms with Crippen LogP contribution in [0.4, 0.5) is 0 Å². The lowest BCUT2D eigenvalue weighted by atomic mass is 10.1. The van der Waals surface area contributed by atoms with Crippen molar-refractivity contribution in [1.29, 1.82) is 0 Å². The van der Waals surface area contributed by atoms with Gasteiger partial charge in [-0.2, -0.15) is 0 Å². The van der Waals surface area contributed by atoms with Gasteiger partial charge >= 0.3 is 0 Å². The Morgan fingerprint density at radius 2 is 1.35 bits per heavy atom. The molecule has 0 saturated carbocycles. The second-order valence-corrected chi connectivity index (χ2v) is 4.81. The lowest BCUT2D eigenvalue weighted by molar-refractivity contribution is 0.393. The molecule has 0 aliphatic heterocycles. The third-order valence-electron chi connectivity index (χ3n) is 3.19. The third kappa shape index (κ3) is 4.00. The number of aryl methyl sites for hydroxylation is 1. The van der Waals surface area contributed by atoms with Gasteiger partial charge in [0.25, 0.3) is 0 Å². The minimum absolute atomic E-state index is 0.779. The van der Waals surface area contributed by atoms with Gasteiger partial charge in [0.1, 0.15) is 11.5 Å². The highest BCUT2D eigenvalue weighted by Crippen LogP contribution is 2.22. The average molecular weight is 271 g/mol. The maximum Gasteiger partial charge on any atom is 0.122 e. The fraction of sp³-hybridized carbons (Fsp3) is 0.294. The first-order valence-corrected chi connectivity index (χ1v) is 6.69. The zero-order valence-electron chi connectivity index (χ0n) is 12.3. The van der Waals surface area contributed by atoms with Crippen LogP contribution in [0.15, 0.2) is 42.5 Å². The molecule has 0 aromatic heterocycles. The minimum atomic E-state index is 0.779. The first kappa shape index (κ1) is 14.4. The third-order valence-corrected chi connectivity index (χ3v) is 3.19. The molecule has 0 fully saturated rings. The molecule has 106 valence electrons. The Bertz CT molecular complexity index is 527. The fourth-order valence-electron chi connectivity index (χ4n) is 2.03. The van der Waals surface area contributed by atoms with Crippen LogP contribution in [-0.2, 0) is 13.1 Å². The van der Waals surface area contributed by atoms with Gasteiger partial charge in [-0.25, -0.2) is 0 Å². The fourth-order valence-corrected chi connectivity index (χ4v) is 2.03. The highest BCUT2D eigenvalue weighted by molar-refractivity contribution is 5.38. The summed E-state index contributed by atoms with van der Waals surface area (Å²) in [5.41, 5.74) is 3.71. The van der Waals surface area contributed by atoms with Gasteiger partial charge in [0.2, 0.25) is 0 Å². The van der Waals surface area contributed by atoms with Crippen LogP contribution in [0.25, 0.3) is 0 Å². The Morgan fingerprint density at radius 3 is 1.90 bits per heavy atom. The van der Waals surface area contributed by atoms with Crippen LogP contribution in [-0.4, -0.2) is 14.2 Å². The molecule has 0 aliphatic carbocycles. The summed E-state index contributed by atoms with van der Waals surface area (Å²) in [5, 5.41) is 3.43. The molecule has 2 aromatic carbocycles. The molecule has 0 radical (unpaired) electrons. The maximum absolute atomic E-state index is 5.27. The largest absolute Gasteiger partial charge is 0.497 e. The first-order valence-electron chi connectivity index (χ1n) is 6.69. The van der Waals surface area contributed by atoms with Crippen molar-refractivity contribution in [2.24, 2.45) is 0 Å². The summed E-state index contributed by atoms with van der Waals surface area (Å²) in [6, 6.07) is 14.5. The van der Waals surface area contributed by atoms with E-state index in [1.807, 2.05) is 18.2 Å². The van der Waals surface area contributed by atoms with Crippen molar-refractivity contribution < 1.29 is 9.47 Å². The minimum Gasteiger partial charge on any atom is -0.497 e. The van der Waals surface area contributed by atoms with Crippen LogP contribution in [0.3, 0.4) is 0 Å². The Balaban J connectivity index is 1.94. The number of benzene rings is 2. The molecule has 2 aromatic rings. The maximum atomic E-state index is 5.27. The Kier molecular flexibility index (Phi) is 5.02. The Morgan fingerprint density at radius 1 is 0.800 bits per heavy atom. The standard InChI is InChI=1S/C17H21NO2/c1-13-4-6-14(7-5-13)11-18-12-15-8-16(19-2)10-17(9-15)20-3/h4-10,18H,11-12H2,1-3H3. The Labute approximate surface area is 120 Å². The molecular formula is C17H21NO2. The van der Waals surface area contributed by atoms with E-state index in [4.69, 9.17) is 9.47 Å². The molecule has 0 unspecified atom stereocenters. The highest BCUT2D eigenvalue weighted by Gasteiger charge is 2.02. The van der Waals surface area contributed by atoms with Crippen molar-refractivity contribution in [2.45, 2.75) is 20.0 Å². The van der Waals surface area contributed by atoms with Crippen LogP contribution >= 0.6 is 0 Å². The van der Waals surface area contributed by atoms with Gasteiger partial charge in [0, 0.05) is 19.2 Å². The SMILES string of the molecule is COc1cc(CNCc2ccc(C)cc2)cc(OC)c1. The van der Waals surface area contributed by atoms with Crippen LogP contribution in [0.1, 0.15) is 16.7 Å². The van der Waals surface area contributed by atoms with E-state index in [9.17, 15) is 0 Å². The van der Waals surface area contributed by atoms with E-state index in [1.165, 1.54) is 11.1 Å². The van der Waals surface area contributed by atoms with Crippen molar-refractivity contribution in [2.75, 3.05) is 14.2 Å². The monoisotopic (exact) mass is 271 g/mol. The predicted molar refractivity (Wildman–Crippen MR) is 81.3 cm³/mol. The summed E-state index contributed by atoms with van der Waals surface area (Å²) in [7, 11) is 3.33. The van der Waals surface area contributed by atoms with E-state index < -0.39 is 0 Å². The lowest BCUT2D eigenvalue weighted by Crippen LogP contribution is -2.12.